The summed E-state index contributed by atoms with van der Waals surface area (Å²) in [4.78, 5) is 0. The highest BCUT2D eigenvalue weighted by Crippen LogP contribution is 2.37. The number of hydrogen-bond acceptors (Lipinski definition) is 2. The van der Waals surface area contributed by atoms with E-state index in [-0.39, 0.29) is 5.54 Å². The maximum Gasteiger partial charge on any atom is 0.0935 e. The topological polar surface area (TPSA) is 39.2 Å². The van der Waals surface area contributed by atoms with Crippen LogP contribution < -0.4 is 5.73 Å². The molecule has 0 fully saturated rings. The van der Waals surface area contributed by atoms with Crippen LogP contribution in [-0.4, -0.2) is 0 Å². The zero-order chi connectivity index (χ0) is 11.0. The molecule has 2 aromatic rings. The lowest BCUT2D eigenvalue weighted by Gasteiger charge is -2.24. The predicted molar refractivity (Wildman–Crippen MR) is 63.0 cm³/mol. The van der Waals surface area contributed by atoms with Crippen LogP contribution in [-0.2, 0) is 18.4 Å². The highest BCUT2D eigenvalue weighted by molar-refractivity contribution is 5.39. The fourth-order valence-corrected chi connectivity index (χ4v) is 2.66. The molecule has 82 valence electrons. The first-order chi connectivity index (χ1) is 7.78. The van der Waals surface area contributed by atoms with E-state index in [4.69, 9.17) is 10.2 Å². The second-order valence-corrected chi connectivity index (χ2v) is 4.62. The van der Waals surface area contributed by atoms with Crippen LogP contribution >= 0.6 is 0 Å². The summed E-state index contributed by atoms with van der Waals surface area (Å²) in [5.74, 6) is 0. The zero-order valence-electron chi connectivity index (χ0n) is 9.15. The molecule has 1 aromatic carbocycles. The van der Waals surface area contributed by atoms with Gasteiger partial charge in [-0.25, -0.2) is 0 Å². The number of benzene rings is 1. The Morgan fingerprint density at radius 3 is 2.94 bits per heavy atom. The van der Waals surface area contributed by atoms with Crippen LogP contribution in [0.2, 0.25) is 0 Å². The molecule has 1 heterocycles. The number of rotatable bonds is 2. The highest BCUT2D eigenvalue weighted by atomic mass is 16.3. The van der Waals surface area contributed by atoms with E-state index in [1.165, 1.54) is 16.7 Å². The third kappa shape index (κ3) is 1.46. The molecule has 2 N–H and O–H groups in total. The molecule has 0 radical (unpaired) electrons. The minimum absolute atomic E-state index is 0.208. The van der Waals surface area contributed by atoms with Gasteiger partial charge in [-0.1, -0.05) is 24.3 Å². The van der Waals surface area contributed by atoms with E-state index in [0.717, 1.165) is 19.3 Å². The fraction of sp³-hybridized carbons (Fsp3) is 0.286. The van der Waals surface area contributed by atoms with Gasteiger partial charge in [-0.2, -0.15) is 0 Å². The number of fused-ring (bicyclic) bond motifs is 1. The van der Waals surface area contributed by atoms with E-state index in [1.807, 2.05) is 6.07 Å². The van der Waals surface area contributed by atoms with Crippen molar-refractivity contribution in [2.24, 2.45) is 5.73 Å². The van der Waals surface area contributed by atoms with Gasteiger partial charge in [-0.05, 0) is 42.0 Å². The van der Waals surface area contributed by atoms with Crippen LogP contribution in [0.25, 0.3) is 0 Å². The molecule has 2 heteroatoms. The summed E-state index contributed by atoms with van der Waals surface area (Å²) in [6, 6.07) is 10.5. The molecule has 0 bridgehead atoms. The van der Waals surface area contributed by atoms with Crippen LogP contribution in [0.5, 0.6) is 0 Å². The van der Waals surface area contributed by atoms with E-state index in [9.17, 15) is 0 Å². The van der Waals surface area contributed by atoms with Gasteiger partial charge in [-0.15, -0.1) is 0 Å². The first-order valence-electron chi connectivity index (χ1n) is 5.66. The minimum atomic E-state index is -0.208. The maximum absolute atomic E-state index is 6.52. The number of hydrogen-bond donors (Lipinski definition) is 1. The average molecular weight is 213 g/mol. The smallest absolute Gasteiger partial charge is 0.0935 e. The molecule has 0 spiro atoms. The number of aryl methyl sites for hydroxylation is 1. The van der Waals surface area contributed by atoms with Crippen molar-refractivity contribution < 1.29 is 4.42 Å². The summed E-state index contributed by atoms with van der Waals surface area (Å²) in [5.41, 5.74) is 10.2. The number of nitrogens with two attached hydrogens (primary N) is 1. The predicted octanol–water partition coefficient (Wildman–Crippen LogP) is 2.62. The summed E-state index contributed by atoms with van der Waals surface area (Å²) in [6.07, 6.45) is 6.47. The fourth-order valence-electron chi connectivity index (χ4n) is 2.66. The Morgan fingerprint density at radius 1 is 1.25 bits per heavy atom. The Labute approximate surface area is 95.1 Å². The molecule has 2 nitrogen and oxygen atoms in total. The monoisotopic (exact) mass is 213 g/mol. The van der Waals surface area contributed by atoms with Crippen molar-refractivity contribution in [2.45, 2.75) is 24.8 Å². The third-order valence-electron chi connectivity index (χ3n) is 3.49. The normalized spacial score (nSPS) is 23.3. The van der Waals surface area contributed by atoms with Gasteiger partial charge >= 0.3 is 0 Å². The van der Waals surface area contributed by atoms with Crippen molar-refractivity contribution in [3.05, 3.63) is 59.5 Å². The van der Waals surface area contributed by atoms with Crippen LogP contribution in [0.15, 0.2) is 47.3 Å². The molecule has 1 aromatic heterocycles. The van der Waals surface area contributed by atoms with E-state index >= 15 is 0 Å². The van der Waals surface area contributed by atoms with Crippen molar-refractivity contribution in [1.82, 2.24) is 0 Å². The lowest BCUT2D eigenvalue weighted by Crippen LogP contribution is -2.36. The molecular formula is C14H15NO. The van der Waals surface area contributed by atoms with Gasteiger partial charge in [0.1, 0.15) is 0 Å². The van der Waals surface area contributed by atoms with Gasteiger partial charge in [0.15, 0.2) is 0 Å². The van der Waals surface area contributed by atoms with Crippen LogP contribution in [0.3, 0.4) is 0 Å². The van der Waals surface area contributed by atoms with E-state index < -0.39 is 0 Å². The average Bonchev–Trinajstić information content (AvgIpc) is 2.89. The summed E-state index contributed by atoms with van der Waals surface area (Å²) >= 11 is 0. The van der Waals surface area contributed by atoms with E-state index in [1.54, 1.807) is 12.5 Å². The summed E-state index contributed by atoms with van der Waals surface area (Å²) < 4.78 is 5.10. The molecular weight excluding hydrogens is 198 g/mol. The summed E-state index contributed by atoms with van der Waals surface area (Å²) in [5, 5.41) is 0. The second kappa shape index (κ2) is 3.49. The van der Waals surface area contributed by atoms with E-state index in [0.29, 0.717) is 0 Å². The first kappa shape index (κ1) is 9.67. The summed E-state index contributed by atoms with van der Waals surface area (Å²) in [7, 11) is 0. The first-order valence-corrected chi connectivity index (χ1v) is 5.66. The van der Waals surface area contributed by atoms with Crippen LogP contribution in [0.4, 0.5) is 0 Å². The van der Waals surface area contributed by atoms with Crippen molar-refractivity contribution in [2.75, 3.05) is 0 Å². The summed E-state index contributed by atoms with van der Waals surface area (Å²) in [6.45, 7) is 0. The zero-order valence-corrected chi connectivity index (χ0v) is 9.15. The molecule has 16 heavy (non-hydrogen) atoms. The SMILES string of the molecule is NC1(Cc2ccoc2)CCc2ccccc21. The quantitative estimate of drug-likeness (QED) is 0.832. The number of furan rings is 1. The van der Waals surface area contributed by atoms with Gasteiger partial charge in [0.25, 0.3) is 0 Å². The standard InChI is InChI=1S/C14H15NO/c15-14(9-11-6-8-16-10-11)7-5-12-3-1-2-4-13(12)14/h1-4,6,8,10H,5,7,9,15H2. The van der Waals surface area contributed by atoms with Gasteiger partial charge in [0.05, 0.1) is 12.5 Å². The third-order valence-corrected chi connectivity index (χ3v) is 3.49. The van der Waals surface area contributed by atoms with Gasteiger partial charge in [0.2, 0.25) is 0 Å². The van der Waals surface area contributed by atoms with Gasteiger partial charge < -0.3 is 10.2 Å². The molecule has 1 aliphatic carbocycles. The second-order valence-electron chi connectivity index (χ2n) is 4.62. The molecule has 0 saturated carbocycles. The molecule has 1 atom stereocenters. The van der Waals surface area contributed by atoms with E-state index in [2.05, 4.69) is 24.3 Å². The molecule has 0 aliphatic heterocycles. The van der Waals surface area contributed by atoms with Crippen molar-refractivity contribution >= 4 is 0 Å². The van der Waals surface area contributed by atoms with Crippen LogP contribution in [0.1, 0.15) is 23.1 Å². The lowest BCUT2D eigenvalue weighted by atomic mass is 9.87. The van der Waals surface area contributed by atoms with Crippen molar-refractivity contribution in [1.29, 1.82) is 0 Å². The molecule has 0 amide bonds. The molecule has 1 aliphatic rings. The highest BCUT2D eigenvalue weighted by Gasteiger charge is 2.34. The Bertz CT molecular complexity index is 489. The lowest BCUT2D eigenvalue weighted by molar-refractivity contribution is 0.436. The Hall–Kier alpha value is -1.54. The van der Waals surface area contributed by atoms with Gasteiger partial charge in [0, 0.05) is 5.54 Å². The molecule has 0 saturated heterocycles. The maximum atomic E-state index is 6.52. The molecule has 3 rings (SSSR count). The Balaban J connectivity index is 1.95. The largest absolute Gasteiger partial charge is 0.472 e. The van der Waals surface area contributed by atoms with Crippen molar-refractivity contribution in [3.63, 3.8) is 0 Å². The minimum Gasteiger partial charge on any atom is -0.472 e. The van der Waals surface area contributed by atoms with Crippen molar-refractivity contribution in [3.8, 4) is 0 Å². The van der Waals surface area contributed by atoms with Crippen LogP contribution in [0, 0.1) is 0 Å². The molecule has 1 unspecified atom stereocenters. The Kier molecular flexibility index (Phi) is 2.11. The Morgan fingerprint density at radius 2 is 2.12 bits per heavy atom. The van der Waals surface area contributed by atoms with Gasteiger partial charge in [-0.3, -0.25) is 0 Å².